The molecule has 2 aromatic heterocycles. The standard InChI is InChI=1S/C27H21NO4S2/c29-27(30)13-11-21-17-28(25-12-10-20(16-24(21)25)22-14-15-33-18-22)34(31,32)26-9-5-4-8-23(26)19-6-2-1-3-7-19/h1-10,12,14-18H,11,13H2,(H,29,30). The van der Waals surface area contributed by atoms with Gasteiger partial charge in [0.1, 0.15) is 0 Å². The fourth-order valence-electron chi connectivity index (χ4n) is 4.17. The fraction of sp³-hybridized carbons (Fsp3) is 0.0741. The lowest BCUT2D eigenvalue weighted by molar-refractivity contribution is -0.136. The molecule has 34 heavy (non-hydrogen) atoms. The second-order valence-corrected chi connectivity index (χ2v) is 10.5. The highest BCUT2D eigenvalue weighted by molar-refractivity contribution is 7.90. The zero-order valence-corrected chi connectivity index (χ0v) is 19.7. The number of aromatic nitrogens is 1. The summed E-state index contributed by atoms with van der Waals surface area (Å²) in [6, 6.07) is 24.0. The number of hydrogen-bond acceptors (Lipinski definition) is 4. The summed E-state index contributed by atoms with van der Waals surface area (Å²) in [5.74, 6) is -0.924. The monoisotopic (exact) mass is 487 g/mol. The lowest BCUT2D eigenvalue weighted by atomic mass is 10.0. The van der Waals surface area contributed by atoms with Gasteiger partial charge in [0.2, 0.25) is 0 Å². The zero-order valence-electron chi connectivity index (χ0n) is 18.1. The van der Waals surface area contributed by atoms with E-state index in [0.29, 0.717) is 16.6 Å². The molecule has 0 amide bonds. The average molecular weight is 488 g/mol. The fourth-order valence-corrected chi connectivity index (χ4v) is 6.44. The van der Waals surface area contributed by atoms with Crippen molar-refractivity contribution in [2.75, 3.05) is 0 Å². The van der Waals surface area contributed by atoms with Gasteiger partial charge in [-0.25, -0.2) is 12.4 Å². The number of aliphatic carboxylic acids is 1. The summed E-state index contributed by atoms with van der Waals surface area (Å²) in [5, 5.41) is 14.0. The first kappa shape index (κ1) is 22.1. The molecule has 0 aliphatic heterocycles. The summed E-state index contributed by atoms with van der Waals surface area (Å²) in [4.78, 5) is 11.5. The van der Waals surface area contributed by atoms with E-state index in [2.05, 4.69) is 0 Å². The first-order valence-electron chi connectivity index (χ1n) is 10.7. The first-order chi connectivity index (χ1) is 16.4. The van der Waals surface area contributed by atoms with E-state index in [0.717, 1.165) is 22.1 Å². The van der Waals surface area contributed by atoms with E-state index < -0.39 is 16.0 Å². The quantitative estimate of drug-likeness (QED) is 0.293. The molecule has 0 bridgehead atoms. The van der Waals surface area contributed by atoms with Gasteiger partial charge in [0.05, 0.1) is 10.4 Å². The summed E-state index contributed by atoms with van der Waals surface area (Å²) in [6.45, 7) is 0. The van der Waals surface area contributed by atoms with Crippen LogP contribution in [0.5, 0.6) is 0 Å². The molecule has 0 atom stereocenters. The van der Waals surface area contributed by atoms with Crippen molar-refractivity contribution in [1.29, 1.82) is 0 Å². The number of benzene rings is 3. The number of hydrogen-bond donors (Lipinski definition) is 1. The minimum atomic E-state index is -3.96. The van der Waals surface area contributed by atoms with E-state index in [1.54, 1.807) is 41.8 Å². The molecule has 0 saturated heterocycles. The first-order valence-corrected chi connectivity index (χ1v) is 13.1. The summed E-state index contributed by atoms with van der Waals surface area (Å²) in [5.41, 5.74) is 4.65. The summed E-state index contributed by atoms with van der Waals surface area (Å²) < 4.78 is 29.2. The van der Waals surface area contributed by atoms with Crippen molar-refractivity contribution in [3.8, 4) is 22.3 Å². The number of carbonyl (C=O) groups is 1. The molecule has 3 aromatic carbocycles. The smallest absolute Gasteiger partial charge is 0.303 e. The van der Waals surface area contributed by atoms with E-state index in [9.17, 15) is 18.3 Å². The second kappa shape index (κ2) is 8.93. The van der Waals surface area contributed by atoms with E-state index in [1.807, 2.05) is 65.4 Å². The largest absolute Gasteiger partial charge is 0.481 e. The van der Waals surface area contributed by atoms with Crippen LogP contribution in [0.2, 0.25) is 0 Å². The molecular weight excluding hydrogens is 466 g/mol. The van der Waals surface area contributed by atoms with Gasteiger partial charge in [-0.05, 0) is 63.7 Å². The van der Waals surface area contributed by atoms with Crippen LogP contribution in [0.3, 0.4) is 0 Å². The van der Waals surface area contributed by atoms with Crippen molar-refractivity contribution >= 4 is 38.2 Å². The van der Waals surface area contributed by atoms with Crippen molar-refractivity contribution in [2.45, 2.75) is 17.7 Å². The van der Waals surface area contributed by atoms with Gasteiger partial charge in [0, 0.05) is 23.6 Å². The van der Waals surface area contributed by atoms with Gasteiger partial charge in [0.25, 0.3) is 10.0 Å². The van der Waals surface area contributed by atoms with Crippen LogP contribution >= 0.6 is 11.3 Å². The normalized spacial score (nSPS) is 11.6. The van der Waals surface area contributed by atoms with Crippen LogP contribution in [0.1, 0.15) is 12.0 Å². The Morgan fingerprint density at radius 3 is 2.38 bits per heavy atom. The highest BCUT2D eigenvalue weighted by Crippen LogP contribution is 2.34. The van der Waals surface area contributed by atoms with Crippen LogP contribution in [-0.4, -0.2) is 23.5 Å². The number of carboxylic acids is 1. The molecule has 5 rings (SSSR count). The Morgan fingerprint density at radius 2 is 1.65 bits per heavy atom. The molecule has 5 aromatic rings. The van der Waals surface area contributed by atoms with Crippen LogP contribution in [0.15, 0.2) is 101 Å². The zero-order chi connectivity index (χ0) is 23.7. The Balaban J connectivity index is 1.70. The highest BCUT2D eigenvalue weighted by atomic mass is 32.2. The van der Waals surface area contributed by atoms with Gasteiger partial charge in [-0.2, -0.15) is 11.3 Å². The number of fused-ring (bicyclic) bond motifs is 1. The Morgan fingerprint density at radius 1 is 0.882 bits per heavy atom. The Kier molecular flexibility index (Phi) is 5.81. The molecule has 1 N–H and O–H groups in total. The maximum absolute atomic E-state index is 14.0. The molecule has 170 valence electrons. The minimum absolute atomic E-state index is 0.0809. The van der Waals surface area contributed by atoms with E-state index in [-0.39, 0.29) is 17.7 Å². The third-order valence-electron chi connectivity index (χ3n) is 5.82. The molecule has 7 heteroatoms. The molecule has 0 spiro atoms. The van der Waals surface area contributed by atoms with Gasteiger partial charge >= 0.3 is 5.97 Å². The van der Waals surface area contributed by atoms with E-state index in [4.69, 9.17) is 0 Å². The lowest BCUT2D eigenvalue weighted by Crippen LogP contribution is -2.13. The predicted octanol–water partition coefficient (Wildman–Crippen LogP) is 6.29. The summed E-state index contributed by atoms with van der Waals surface area (Å²) >= 11 is 1.59. The van der Waals surface area contributed by atoms with E-state index >= 15 is 0 Å². The van der Waals surface area contributed by atoms with Gasteiger partial charge in [-0.1, -0.05) is 54.6 Å². The molecular formula is C27H21NO4S2. The number of aryl methyl sites for hydroxylation is 1. The summed E-state index contributed by atoms with van der Waals surface area (Å²) in [6.07, 6.45) is 1.73. The van der Waals surface area contributed by atoms with Crippen molar-refractivity contribution in [3.63, 3.8) is 0 Å². The maximum Gasteiger partial charge on any atom is 0.303 e. The molecule has 0 unspecified atom stereocenters. The molecule has 0 aliphatic rings. The van der Waals surface area contributed by atoms with Gasteiger partial charge < -0.3 is 5.11 Å². The number of nitrogens with zero attached hydrogens (tertiary/aromatic N) is 1. The van der Waals surface area contributed by atoms with Gasteiger partial charge in [0.15, 0.2) is 0 Å². The molecule has 0 fully saturated rings. The molecule has 0 saturated carbocycles. The van der Waals surface area contributed by atoms with Crippen LogP contribution in [0, 0.1) is 0 Å². The Bertz CT molecular complexity index is 1580. The number of thiophene rings is 1. The topological polar surface area (TPSA) is 76.4 Å². The van der Waals surface area contributed by atoms with Crippen LogP contribution in [-0.2, 0) is 21.2 Å². The van der Waals surface area contributed by atoms with Crippen LogP contribution < -0.4 is 0 Å². The molecule has 0 radical (unpaired) electrons. The van der Waals surface area contributed by atoms with Gasteiger partial charge in [-0.3, -0.25) is 4.79 Å². The average Bonchev–Trinajstić information content (AvgIpc) is 3.52. The van der Waals surface area contributed by atoms with E-state index in [1.165, 1.54) is 3.97 Å². The maximum atomic E-state index is 14.0. The predicted molar refractivity (Wildman–Crippen MR) is 136 cm³/mol. The third kappa shape index (κ3) is 4.04. The van der Waals surface area contributed by atoms with Crippen LogP contribution in [0.4, 0.5) is 0 Å². The lowest BCUT2D eigenvalue weighted by Gasteiger charge is -2.13. The SMILES string of the molecule is O=C(O)CCc1cn(S(=O)(=O)c2ccccc2-c2ccccc2)c2ccc(-c3ccsc3)cc12. The molecule has 2 heterocycles. The summed E-state index contributed by atoms with van der Waals surface area (Å²) in [7, 11) is -3.96. The Hall–Kier alpha value is -3.68. The van der Waals surface area contributed by atoms with Crippen molar-refractivity contribution in [2.24, 2.45) is 0 Å². The van der Waals surface area contributed by atoms with Crippen LogP contribution in [0.25, 0.3) is 33.2 Å². The number of rotatable bonds is 7. The van der Waals surface area contributed by atoms with Gasteiger partial charge in [-0.15, -0.1) is 0 Å². The third-order valence-corrected chi connectivity index (χ3v) is 8.24. The van der Waals surface area contributed by atoms with Crippen molar-refractivity contribution in [1.82, 2.24) is 3.97 Å². The minimum Gasteiger partial charge on any atom is -0.481 e. The Labute approximate surface area is 201 Å². The van der Waals surface area contributed by atoms with Crippen molar-refractivity contribution in [3.05, 3.63) is 101 Å². The molecule has 0 aliphatic carbocycles. The van der Waals surface area contributed by atoms with Crippen molar-refractivity contribution < 1.29 is 18.3 Å². The highest BCUT2D eigenvalue weighted by Gasteiger charge is 2.25. The second-order valence-electron chi connectivity index (χ2n) is 7.96. The number of carboxylic acid groups (broad SMARTS) is 1. The molecule has 5 nitrogen and oxygen atoms in total.